The first-order chi connectivity index (χ1) is 12.1. The number of carbonyl (C=O) groups is 1. The zero-order chi connectivity index (χ0) is 17.6. The van der Waals surface area contributed by atoms with Crippen LogP contribution in [-0.4, -0.2) is 23.9 Å². The fraction of sp³-hybridized carbons (Fsp3) is 0.350. The number of nitrogens with zero attached hydrogens (tertiary/aromatic N) is 1. The summed E-state index contributed by atoms with van der Waals surface area (Å²) in [5.41, 5.74) is 0.108. The number of benzene rings is 2. The maximum Gasteiger partial charge on any atom is 0.226 e. The van der Waals surface area contributed by atoms with Crippen molar-refractivity contribution in [2.75, 3.05) is 13.1 Å². The molecule has 2 aliphatic rings. The molecule has 2 nitrogen and oxygen atoms in total. The van der Waals surface area contributed by atoms with Gasteiger partial charge in [0.25, 0.3) is 0 Å². The third-order valence-corrected chi connectivity index (χ3v) is 5.18. The lowest BCUT2D eigenvalue weighted by atomic mass is 9.94. The summed E-state index contributed by atoms with van der Waals surface area (Å²) in [7, 11) is 0. The van der Waals surface area contributed by atoms with Crippen LogP contribution in [0.2, 0.25) is 0 Å². The van der Waals surface area contributed by atoms with E-state index in [1.54, 1.807) is 6.07 Å². The topological polar surface area (TPSA) is 20.3 Å². The predicted octanol–water partition coefficient (Wildman–Crippen LogP) is 4.50. The number of rotatable bonds is 3. The van der Waals surface area contributed by atoms with E-state index in [-0.39, 0.29) is 28.9 Å². The van der Waals surface area contributed by atoms with Crippen molar-refractivity contribution in [1.82, 2.24) is 4.90 Å². The van der Waals surface area contributed by atoms with Gasteiger partial charge in [-0.15, -0.1) is 0 Å². The minimum absolute atomic E-state index is 0.0557. The monoisotopic (exact) mass is 345 g/mol. The lowest BCUT2D eigenvalue weighted by molar-refractivity contribution is -0.131. The van der Waals surface area contributed by atoms with Crippen LogP contribution in [-0.2, 0) is 4.79 Å². The van der Waals surface area contributed by atoms with Crippen LogP contribution in [0.4, 0.5) is 13.2 Å². The molecular weight excluding hydrogens is 327 g/mol. The van der Waals surface area contributed by atoms with E-state index in [1.807, 2.05) is 4.90 Å². The molecule has 1 aliphatic carbocycles. The van der Waals surface area contributed by atoms with Gasteiger partial charge >= 0.3 is 0 Å². The molecule has 2 atom stereocenters. The molecule has 0 radical (unpaired) electrons. The van der Waals surface area contributed by atoms with Gasteiger partial charge < -0.3 is 4.90 Å². The first-order valence-electron chi connectivity index (χ1n) is 8.59. The van der Waals surface area contributed by atoms with Gasteiger partial charge in [0.1, 0.15) is 17.5 Å². The standard InChI is InChI=1S/C20H18F3NO/c21-15-6-3-5-12(18(15)19-16(22)7-4-8-17(19)23)13-11-14(13)20(25)24-9-1-2-10-24/h3-8,13-14H,1-2,9-11H2. The van der Waals surface area contributed by atoms with Gasteiger partial charge in [-0.3, -0.25) is 4.79 Å². The van der Waals surface area contributed by atoms with Gasteiger partial charge in [-0.25, -0.2) is 13.2 Å². The van der Waals surface area contributed by atoms with Gasteiger partial charge in [0, 0.05) is 24.6 Å². The van der Waals surface area contributed by atoms with E-state index in [9.17, 15) is 18.0 Å². The van der Waals surface area contributed by atoms with E-state index in [2.05, 4.69) is 0 Å². The van der Waals surface area contributed by atoms with Crippen LogP contribution < -0.4 is 0 Å². The summed E-state index contributed by atoms with van der Waals surface area (Å²) in [6.07, 6.45) is 2.62. The van der Waals surface area contributed by atoms with E-state index in [0.717, 1.165) is 38.1 Å². The first-order valence-corrected chi connectivity index (χ1v) is 8.59. The SMILES string of the molecule is O=C(C1CC1c1cccc(F)c1-c1c(F)cccc1F)N1CCCC1. The highest BCUT2D eigenvalue weighted by Gasteiger charge is 2.47. The Kier molecular flexibility index (Phi) is 4.02. The van der Waals surface area contributed by atoms with Gasteiger partial charge in [0.15, 0.2) is 0 Å². The van der Waals surface area contributed by atoms with Crippen molar-refractivity contribution < 1.29 is 18.0 Å². The summed E-state index contributed by atoms with van der Waals surface area (Å²) >= 11 is 0. The van der Waals surface area contributed by atoms with Crippen molar-refractivity contribution in [3.05, 3.63) is 59.4 Å². The third-order valence-electron chi connectivity index (χ3n) is 5.18. The highest BCUT2D eigenvalue weighted by atomic mass is 19.1. The molecule has 25 heavy (non-hydrogen) atoms. The van der Waals surface area contributed by atoms with Gasteiger partial charge in [-0.1, -0.05) is 18.2 Å². The van der Waals surface area contributed by atoms with Crippen molar-refractivity contribution in [3.63, 3.8) is 0 Å². The van der Waals surface area contributed by atoms with Crippen LogP contribution in [0.15, 0.2) is 36.4 Å². The molecule has 5 heteroatoms. The second-order valence-electron chi connectivity index (χ2n) is 6.78. The Morgan fingerprint density at radius 1 is 0.880 bits per heavy atom. The summed E-state index contributed by atoms with van der Waals surface area (Å²) < 4.78 is 42.9. The maximum absolute atomic E-state index is 14.5. The summed E-state index contributed by atoms with van der Waals surface area (Å²) in [6.45, 7) is 1.53. The largest absolute Gasteiger partial charge is 0.342 e. The van der Waals surface area contributed by atoms with Crippen molar-refractivity contribution in [2.24, 2.45) is 5.92 Å². The number of halogens is 3. The van der Waals surface area contributed by atoms with Crippen molar-refractivity contribution >= 4 is 5.91 Å². The van der Waals surface area contributed by atoms with Crippen LogP contribution >= 0.6 is 0 Å². The summed E-state index contributed by atoms with van der Waals surface area (Å²) in [5.74, 6) is -2.58. The Morgan fingerprint density at radius 2 is 1.44 bits per heavy atom. The number of carbonyl (C=O) groups excluding carboxylic acids is 1. The number of amides is 1. The van der Waals surface area contributed by atoms with Gasteiger partial charge in [0.05, 0.1) is 5.56 Å². The summed E-state index contributed by atoms with van der Waals surface area (Å²) in [5, 5.41) is 0. The molecule has 1 aliphatic heterocycles. The summed E-state index contributed by atoms with van der Waals surface area (Å²) in [4.78, 5) is 14.4. The third kappa shape index (κ3) is 2.81. The van der Waals surface area contributed by atoms with Gasteiger partial charge in [-0.05, 0) is 48.9 Å². The van der Waals surface area contributed by atoms with Crippen LogP contribution in [0.25, 0.3) is 11.1 Å². The molecular formula is C20H18F3NO. The van der Waals surface area contributed by atoms with Crippen LogP contribution in [0, 0.1) is 23.4 Å². The molecule has 1 amide bonds. The molecule has 2 aromatic carbocycles. The van der Waals surface area contributed by atoms with E-state index >= 15 is 0 Å². The molecule has 2 aromatic rings. The van der Waals surface area contributed by atoms with Gasteiger partial charge in [0.2, 0.25) is 5.91 Å². The second kappa shape index (κ2) is 6.21. The van der Waals surface area contributed by atoms with Crippen LogP contribution in [0.1, 0.15) is 30.7 Å². The average molecular weight is 345 g/mol. The molecule has 2 fully saturated rings. The quantitative estimate of drug-likeness (QED) is 0.802. The fourth-order valence-electron chi connectivity index (χ4n) is 3.83. The maximum atomic E-state index is 14.5. The highest BCUT2D eigenvalue weighted by Crippen LogP contribution is 2.52. The Bertz CT molecular complexity index is 809. The smallest absolute Gasteiger partial charge is 0.226 e. The number of hydrogen-bond acceptors (Lipinski definition) is 1. The Morgan fingerprint density at radius 3 is 2.08 bits per heavy atom. The second-order valence-corrected chi connectivity index (χ2v) is 6.78. The number of likely N-dealkylation sites (tertiary alicyclic amines) is 1. The molecule has 2 unspecified atom stereocenters. The molecule has 1 saturated carbocycles. The Balaban J connectivity index is 1.70. The van der Waals surface area contributed by atoms with E-state index in [0.29, 0.717) is 12.0 Å². The van der Waals surface area contributed by atoms with Crippen molar-refractivity contribution in [1.29, 1.82) is 0 Å². The predicted molar refractivity (Wildman–Crippen MR) is 88.4 cm³/mol. The fourth-order valence-corrected chi connectivity index (χ4v) is 3.83. The molecule has 0 aromatic heterocycles. The van der Waals surface area contributed by atoms with Crippen LogP contribution in [0.5, 0.6) is 0 Å². The molecule has 4 rings (SSSR count). The molecule has 1 saturated heterocycles. The van der Waals surface area contributed by atoms with Crippen LogP contribution in [0.3, 0.4) is 0 Å². The summed E-state index contributed by atoms with van der Waals surface area (Å²) in [6, 6.07) is 7.90. The average Bonchev–Trinajstić information content (AvgIpc) is 3.19. The van der Waals surface area contributed by atoms with Crippen molar-refractivity contribution in [3.8, 4) is 11.1 Å². The normalized spacial score (nSPS) is 22.3. The molecule has 0 N–H and O–H groups in total. The van der Waals surface area contributed by atoms with E-state index in [1.165, 1.54) is 18.2 Å². The minimum atomic E-state index is -0.797. The van der Waals surface area contributed by atoms with Crippen molar-refractivity contribution in [2.45, 2.75) is 25.2 Å². The zero-order valence-electron chi connectivity index (χ0n) is 13.6. The van der Waals surface area contributed by atoms with E-state index in [4.69, 9.17) is 0 Å². The van der Waals surface area contributed by atoms with E-state index < -0.39 is 17.5 Å². The Hall–Kier alpha value is -2.30. The lowest BCUT2D eigenvalue weighted by Gasteiger charge is -2.16. The molecule has 0 spiro atoms. The Labute approximate surface area is 144 Å². The zero-order valence-corrected chi connectivity index (χ0v) is 13.6. The highest BCUT2D eigenvalue weighted by molar-refractivity contribution is 5.84. The lowest BCUT2D eigenvalue weighted by Crippen LogP contribution is -2.29. The first kappa shape index (κ1) is 16.2. The molecule has 0 bridgehead atoms. The number of hydrogen-bond donors (Lipinski definition) is 0. The molecule has 130 valence electrons. The molecule has 1 heterocycles. The minimum Gasteiger partial charge on any atom is -0.342 e. The van der Waals surface area contributed by atoms with Gasteiger partial charge in [-0.2, -0.15) is 0 Å².